The van der Waals surface area contributed by atoms with Gasteiger partial charge in [0.1, 0.15) is 6.61 Å². The molecule has 8 heteroatoms. The van der Waals surface area contributed by atoms with E-state index in [-0.39, 0.29) is 36.2 Å². The van der Waals surface area contributed by atoms with Crippen LogP contribution in [0.3, 0.4) is 0 Å². The lowest BCUT2D eigenvalue weighted by Crippen LogP contribution is -2.50. The molecule has 0 aliphatic rings. The molecule has 2 unspecified atom stereocenters. The second-order valence-electron chi connectivity index (χ2n) is 14.9. The minimum absolute atomic E-state index is 0.0514. The maximum Gasteiger partial charge on any atom is 0.362 e. The maximum atomic E-state index is 12.7. The standard InChI is InChI=1S/C44H77NO7/c1-6-8-10-12-14-16-18-19-20-21-22-23-25-27-29-31-33-35-43(47)52-40(38-50-37-36-41(44(48)49)45(3,4)5)39-51-42(46)34-32-30-28-26-24-17-15-13-11-9-7-2/h8,10,14,16,19-20,22-23,40-41H,6-7,9,11-13,15,17-18,21,24-39H2,1-5H3/p+1/b10-8-,16-14-,20-19-,23-22-. The van der Waals surface area contributed by atoms with Crippen molar-refractivity contribution >= 4 is 17.9 Å². The number of hydrogen-bond donors (Lipinski definition) is 1. The third kappa shape index (κ3) is 33.1. The highest BCUT2D eigenvalue weighted by molar-refractivity contribution is 5.72. The summed E-state index contributed by atoms with van der Waals surface area (Å²) < 4.78 is 17.2. The van der Waals surface area contributed by atoms with Gasteiger partial charge < -0.3 is 23.8 Å². The van der Waals surface area contributed by atoms with Crippen molar-refractivity contribution in [1.82, 2.24) is 0 Å². The van der Waals surface area contributed by atoms with Crippen molar-refractivity contribution in [3.8, 4) is 0 Å². The third-order valence-corrected chi connectivity index (χ3v) is 8.99. The number of carbonyl (C=O) groups excluding carboxylic acids is 2. The number of unbranched alkanes of at least 4 members (excludes halogenated alkanes) is 14. The Labute approximate surface area is 318 Å². The smallest absolute Gasteiger partial charge is 0.362 e. The molecular weight excluding hydrogens is 654 g/mol. The number of rotatable bonds is 36. The van der Waals surface area contributed by atoms with Crippen LogP contribution < -0.4 is 0 Å². The van der Waals surface area contributed by atoms with Crippen molar-refractivity contribution in [2.24, 2.45) is 0 Å². The van der Waals surface area contributed by atoms with Crippen LogP contribution in [0.4, 0.5) is 0 Å². The maximum absolute atomic E-state index is 12.7. The molecule has 0 saturated carbocycles. The molecular formula is C44H78NO7+. The van der Waals surface area contributed by atoms with Crippen LogP contribution >= 0.6 is 0 Å². The summed E-state index contributed by atoms with van der Waals surface area (Å²) >= 11 is 0. The van der Waals surface area contributed by atoms with Crippen molar-refractivity contribution in [2.45, 2.75) is 174 Å². The van der Waals surface area contributed by atoms with E-state index in [9.17, 15) is 19.5 Å². The summed E-state index contributed by atoms with van der Waals surface area (Å²) in [6.45, 7) is 4.58. The fraction of sp³-hybridized carbons (Fsp3) is 0.750. The molecule has 0 heterocycles. The molecule has 0 saturated heterocycles. The quantitative estimate of drug-likeness (QED) is 0.0296. The monoisotopic (exact) mass is 733 g/mol. The normalized spacial score (nSPS) is 13.5. The van der Waals surface area contributed by atoms with Gasteiger partial charge in [0.15, 0.2) is 12.1 Å². The zero-order valence-electron chi connectivity index (χ0n) is 34.0. The number of carbonyl (C=O) groups is 3. The SMILES string of the molecule is CC/C=C\C/C=C\C/C=C\C/C=C\CCCCCCC(=O)OC(COCCC(C(=O)O)[N+](C)(C)C)COC(=O)CCCCCCCCCCCCC. The summed E-state index contributed by atoms with van der Waals surface area (Å²) in [5.74, 6) is -1.50. The summed E-state index contributed by atoms with van der Waals surface area (Å²) in [5.41, 5.74) is 0. The Bertz CT molecular complexity index is 995. The van der Waals surface area contributed by atoms with Crippen LogP contribution in [0.25, 0.3) is 0 Å². The van der Waals surface area contributed by atoms with Gasteiger partial charge in [-0.3, -0.25) is 9.59 Å². The van der Waals surface area contributed by atoms with Crippen molar-refractivity contribution in [3.63, 3.8) is 0 Å². The van der Waals surface area contributed by atoms with Crippen LogP contribution in [0, 0.1) is 0 Å². The molecule has 0 aromatic rings. The first-order chi connectivity index (χ1) is 25.1. The Morgan fingerprint density at radius 3 is 1.60 bits per heavy atom. The number of likely N-dealkylation sites (N-methyl/N-ethyl adjacent to an activating group) is 1. The fourth-order valence-electron chi connectivity index (χ4n) is 5.79. The number of esters is 2. The summed E-state index contributed by atoms with van der Waals surface area (Å²) in [6.07, 6.45) is 40.1. The van der Waals surface area contributed by atoms with Gasteiger partial charge in [-0.05, 0) is 51.4 Å². The van der Waals surface area contributed by atoms with Crippen LogP contribution in [0.2, 0.25) is 0 Å². The molecule has 300 valence electrons. The van der Waals surface area contributed by atoms with E-state index in [0.717, 1.165) is 77.0 Å². The van der Waals surface area contributed by atoms with E-state index in [0.29, 0.717) is 19.3 Å². The number of carboxylic acid groups (broad SMARTS) is 1. The van der Waals surface area contributed by atoms with Crippen molar-refractivity contribution in [3.05, 3.63) is 48.6 Å². The Morgan fingerprint density at radius 1 is 0.596 bits per heavy atom. The molecule has 0 radical (unpaired) electrons. The lowest BCUT2D eigenvalue weighted by Gasteiger charge is -2.31. The van der Waals surface area contributed by atoms with Crippen LogP contribution in [0.1, 0.15) is 162 Å². The predicted octanol–water partition coefficient (Wildman–Crippen LogP) is 10.9. The van der Waals surface area contributed by atoms with Gasteiger partial charge in [0.05, 0.1) is 34.4 Å². The zero-order valence-corrected chi connectivity index (χ0v) is 34.0. The van der Waals surface area contributed by atoms with Crippen LogP contribution in [0.5, 0.6) is 0 Å². The van der Waals surface area contributed by atoms with Gasteiger partial charge >= 0.3 is 17.9 Å². The Hall–Kier alpha value is -2.71. The van der Waals surface area contributed by atoms with E-state index in [1.807, 2.05) is 21.1 Å². The number of carboxylic acids is 1. The van der Waals surface area contributed by atoms with Crippen LogP contribution in [-0.4, -0.2) is 80.6 Å². The first kappa shape index (κ1) is 49.3. The van der Waals surface area contributed by atoms with Crippen molar-refractivity contribution in [1.29, 1.82) is 0 Å². The summed E-state index contributed by atoms with van der Waals surface area (Å²) in [5, 5.41) is 9.60. The lowest BCUT2D eigenvalue weighted by atomic mass is 10.1. The van der Waals surface area contributed by atoms with E-state index in [1.165, 1.54) is 51.4 Å². The third-order valence-electron chi connectivity index (χ3n) is 8.99. The zero-order chi connectivity index (χ0) is 38.5. The topological polar surface area (TPSA) is 99.1 Å². The van der Waals surface area contributed by atoms with Gasteiger partial charge in [0, 0.05) is 19.3 Å². The second-order valence-corrected chi connectivity index (χ2v) is 14.9. The molecule has 0 spiro atoms. The van der Waals surface area contributed by atoms with Crippen LogP contribution in [0.15, 0.2) is 48.6 Å². The number of hydrogen-bond acceptors (Lipinski definition) is 6. The van der Waals surface area contributed by atoms with Gasteiger partial charge in [-0.25, -0.2) is 4.79 Å². The number of nitrogens with zero attached hydrogens (tertiary/aromatic N) is 1. The molecule has 52 heavy (non-hydrogen) atoms. The average molecular weight is 733 g/mol. The van der Waals surface area contributed by atoms with Gasteiger partial charge in [0.25, 0.3) is 0 Å². The molecule has 1 N–H and O–H groups in total. The molecule has 0 aromatic heterocycles. The first-order valence-electron chi connectivity index (χ1n) is 20.7. The average Bonchev–Trinajstić information content (AvgIpc) is 3.09. The Balaban J connectivity index is 4.43. The number of ether oxygens (including phenoxy) is 3. The highest BCUT2D eigenvalue weighted by Crippen LogP contribution is 2.14. The van der Waals surface area contributed by atoms with E-state index in [2.05, 4.69) is 62.5 Å². The van der Waals surface area contributed by atoms with Gasteiger partial charge in [-0.1, -0.05) is 140 Å². The largest absolute Gasteiger partial charge is 0.477 e. The highest BCUT2D eigenvalue weighted by atomic mass is 16.6. The van der Waals surface area contributed by atoms with Crippen molar-refractivity contribution in [2.75, 3.05) is 41.0 Å². The van der Waals surface area contributed by atoms with Crippen LogP contribution in [-0.2, 0) is 28.6 Å². The molecule has 0 aliphatic heterocycles. The molecule has 8 nitrogen and oxygen atoms in total. The minimum atomic E-state index is -0.881. The van der Waals surface area contributed by atoms with E-state index in [1.54, 1.807) is 0 Å². The number of allylic oxidation sites excluding steroid dienone is 8. The predicted molar refractivity (Wildman–Crippen MR) is 215 cm³/mol. The summed E-state index contributed by atoms with van der Waals surface area (Å²) in [6, 6.07) is -0.618. The van der Waals surface area contributed by atoms with Gasteiger partial charge in [0.2, 0.25) is 0 Å². The first-order valence-corrected chi connectivity index (χ1v) is 20.7. The van der Waals surface area contributed by atoms with Crippen molar-refractivity contribution < 1.29 is 38.2 Å². The van der Waals surface area contributed by atoms with E-state index < -0.39 is 18.1 Å². The molecule has 0 aliphatic carbocycles. The molecule has 0 rings (SSSR count). The molecule has 0 fully saturated rings. The second kappa shape index (κ2) is 35.3. The lowest BCUT2D eigenvalue weighted by molar-refractivity contribution is -0.887. The minimum Gasteiger partial charge on any atom is -0.477 e. The Kier molecular flexibility index (Phi) is 33.5. The summed E-state index contributed by atoms with van der Waals surface area (Å²) in [4.78, 5) is 36.8. The molecule has 2 atom stereocenters. The molecule has 0 aromatic carbocycles. The Morgan fingerprint density at radius 2 is 1.08 bits per heavy atom. The summed E-state index contributed by atoms with van der Waals surface area (Å²) in [7, 11) is 5.51. The van der Waals surface area contributed by atoms with Gasteiger partial charge in [-0.2, -0.15) is 0 Å². The fourth-order valence-corrected chi connectivity index (χ4v) is 5.79. The highest BCUT2D eigenvalue weighted by Gasteiger charge is 2.31. The van der Waals surface area contributed by atoms with E-state index >= 15 is 0 Å². The number of aliphatic carboxylic acids is 1. The van der Waals surface area contributed by atoms with E-state index in [4.69, 9.17) is 14.2 Å². The van der Waals surface area contributed by atoms with Gasteiger partial charge in [-0.15, -0.1) is 0 Å². The number of quaternary nitrogens is 1. The molecule has 0 bridgehead atoms. The molecule has 0 amide bonds.